The van der Waals surface area contributed by atoms with Crippen LogP contribution < -0.4 is 5.32 Å². The largest absolute Gasteiger partial charge is 0.352 e. The summed E-state index contributed by atoms with van der Waals surface area (Å²) in [5.74, 6) is -0.227. The fraction of sp³-hybridized carbons (Fsp3) is 0.562. The maximum Gasteiger partial charge on any atom is 0.245 e. The number of hydrogen-bond donors (Lipinski definition) is 1. The Balaban J connectivity index is 1.12. The van der Waals surface area contributed by atoms with Crippen LogP contribution in [0.5, 0.6) is 0 Å². The average Bonchev–Trinajstić information content (AvgIpc) is 3.29. The summed E-state index contributed by atoms with van der Waals surface area (Å²) < 4.78 is 13.3. The van der Waals surface area contributed by atoms with Crippen LogP contribution in [0, 0.1) is 19.3 Å². The summed E-state index contributed by atoms with van der Waals surface area (Å²) in [6.45, 7) is 8.62. The van der Waals surface area contributed by atoms with Gasteiger partial charge in [-0.25, -0.2) is 9.97 Å². The number of nitrogens with one attached hydrogen (secondary N) is 1. The fourth-order valence-electron chi connectivity index (χ4n) is 7.47. The molecule has 2 aromatic heterocycles. The molecule has 0 unspecified atom stereocenters. The Hall–Kier alpha value is -3.70. The number of ketones is 1. The van der Waals surface area contributed by atoms with E-state index in [1.807, 2.05) is 26.0 Å². The number of rotatable bonds is 6. The van der Waals surface area contributed by atoms with E-state index in [0.717, 1.165) is 54.3 Å². The molecule has 43 heavy (non-hydrogen) atoms. The van der Waals surface area contributed by atoms with Gasteiger partial charge in [0.1, 0.15) is 24.1 Å². The maximum atomic E-state index is 14.0. The zero-order valence-electron chi connectivity index (χ0n) is 25.2. The first-order valence-corrected chi connectivity index (χ1v) is 15.3. The van der Waals surface area contributed by atoms with Gasteiger partial charge in [-0.2, -0.15) is 5.10 Å². The number of benzene rings is 1. The van der Waals surface area contributed by atoms with Gasteiger partial charge >= 0.3 is 0 Å². The first-order valence-electron chi connectivity index (χ1n) is 15.3. The molecule has 11 heteroatoms. The third kappa shape index (κ3) is 4.92. The predicted octanol–water partition coefficient (Wildman–Crippen LogP) is 3.49. The van der Waals surface area contributed by atoms with Crippen molar-refractivity contribution in [2.24, 2.45) is 5.41 Å². The Labute approximate surface area is 250 Å². The van der Waals surface area contributed by atoms with Crippen molar-refractivity contribution in [3.05, 3.63) is 41.6 Å². The van der Waals surface area contributed by atoms with Crippen LogP contribution in [0.3, 0.4) is 0 Å². The molecule has 2 aliphatic heterocycles. The second kappa shape index (κ2) is 10.2. The summed E-state index contributed by atoms with van der Waals surface area (Å²) in [5, 5.41) is 8.55. The van der Waals surface area contributed by atoms with Gasteiger partial charge in [-0.15, -0.1) is 0 Å². The summed E-state index contributed by atoms with van der Waals surface area (Å²) in [5.41, 5.74) is 3.61. The smallest absolute Gasteiger partial charge is 0.245 e. The number of Topliss-reactive ketones (excluding diaryl/α,β-unsaturated/α-hetero) is 1. The van der Waals surface area contributed by atoms with Crippen LogP contribution in [0.4, 0.5) is 0 Å². The Bertz CT molecular complexity index is 1620. The van der Waals surface area contributed by atoms with Gasteiger partial charge in [0, 0.05) is 55.2 Å². The standard InChI is InChI=1S/C32H38N6O5/c1-18-11-21(22-15-33-20(3)34-16-22)12-24-28(19(2)39)36-37(29(18)24)17-27(40)38-25(13-31(4)14-26(31)38)30(41)35-23-5-7-32(8-6-23)42-9-10-43-32/h11-12,15-16,23,25-26H,5-10,13-14,17H2,1-4H3,(H,35,41)/t25-,26+,31-/m0/s1. The molecule has 0 bridgehead atoms. The molecule has 1 aromatic carbocycles. The molecule has 4 heterocycles. The Morgan fingerprint density at radius 1 is 1.02 bits per heavy atom. The highest BCUT2D eigenvalue weighted by Crippen LogP contribution is 2.59. The van der Waals surface area contributed by atoms with E-state index in [1.54, 1.807) is 22.0 Å². The molecular weight excluding hydrogens is 548 g/mol. The van der Waals surface area contributed by atoms with Gasteiger partial charge in [-0.1, -0.05) is 6.92 Å². The van der Waals surface area contributed by atoms with Crippen molar-refractivity contribution in [3.8, 4) is 11.1 Å². The fourth-order valence-corrected chi connectivity index (χ4v) is 7.47. The molecule has 11 nitrogen and oxygen atoms in total. The average molecular weight is 587 g/mol. The van der Waals surface area contributed by atoms with Gasteiger partial charge in [0.2, 0.25) is 11.8 Å². The van der Waals surface area contributed by atoms with Gasteiger partial charge in [0.15, 0.2) is 11.6 Å². The van der Waals surface area contributed by atoms with E-state index in [1.165, 1.54) is 6.92 Å². The van der Waals surface area contributed by atoms with E-state index in [4.69, 9.17) is 9.47 Å². The molecule has 2 saturated carbocycles. The number of amides is 2. The normalized spacial score (nSPS) is 26.2. The first-order chi connectivity index (χ1) is 20.6. The third-order valence-electron chi connectivity index (χ3n) is 9.90. The maximum absolute atomic E-state index is 14.0. The Kier molecular flexibility index (Phi) is 6.66. The molecule has 4 aliphatic rings. The van der Waals surface area contributed by atoms with Gasteiger partial charge in [0.25, 0.3) is 0 Å². The molecule has 1 N–H and O–H groups in total. The lowest BCUT2D eigenvalue weighted by Crippen LogP contribution is -2.52. The number of fused-ring (bicyclic) bond motifs is 2. The number of hydrogen-bond acceptors (Lipinski definition) is 8. The number of aryl methyl sites for hydroxylation is 2. The third-order valence-corrected chi connectivity index (χ3v) is 9.90. The molecule has 3 atom stereocenters. The summed E-state index contributed by atoms with van der Waals surface area (Å²) in [6, 6.07) is 3.48. The second-order valence-electron chi connectivity index (χ2n) is 13.1. The molecular formula is C32H38N6O5. The number of ether oxygens (including phenoxy) is 2. The van der Waals surface area contributed by atoms with Crippen LogP contribution in [-0.4, -0.2) is 79.4 Å². The van der Waals surface area contributed by atoms with Crippen LogP contribution in [0.1, 0.15) is 74.2 Å². The van der Waals surface area contributed by atoms with Gasteiger partial charge in [-0.05, 0) is 68.2 Å². The summed E-state index contributed by atoms with van der Waals surface area (Å²) in [7, 11) is 0. The Morgan fingerprint density at radius 3 is 2.40 bits per heavy atom. The minimum Gasteiger partial charge on any atom is -0.352 e. The molecule has 7 rings (SSSR count). The highest BCUT2D eigenvalue weighted by Gasteiger charge is 2.64. The number of carbonyl (C=O) groups excluding carboxylic acids is 3. The van der Waals surface area contributed by atoms with Crippen molar-refractivity contribution in [2.75, 3.05) is 13.2 Å². The lowest BCUT2D eigenvalue weighted by molar-refractivity contribution is -0.180. The number of nitrogens with zero attached hydrogens (tertiary/aromatic N) is 5. The van der Waals surface area contributed by atoms with Crippen LogP contribution in [0.15, 0.2) is 24.5 Å². The zero-order chi connectivity index (χ0) is 30.1. The summed E-state index contributed by atoms with van der Waals surface area (Å²) >= 11 is 0. The summed E-state index contributed by atoms with van der Waals surface area (Å²) in [6.07, 6.45) is 8.16. The number of likely N-dealkylation sites (tertiary alicyclic amines) is 1. The molecule has 3 aromatic rings. The van der Waals surface area contributed by atoms with Gasteiger partial charge < -0.3 is 19.7 Å². The van der Waals surface area contributed by atoms with Gasteiger partial charge in [-0.3, -0.25) is 19.1 Å². The topological polar surface area (TPSA) is 129 Å². The Morgan fingerprint density at radius 2 is 1.72 bits per heavy atom. The SMILES string of the molecule is CC(=O)c1nn(CC(=O)N2[C@H](C(=O)NC3CCC4(CC3)OCCO4)C[C@@]3(C)C[C@@H]23)c2c(C)cc(-c3cnc(C)nc3)cc12. The van der Waals surface area contributed by atoms with Crippen LogP contribution in [-0.2, 0) is 25.6 Å². The van der Waals surface area contributed by atoms with E-state index in [2.05, 4.69) is 27.3 Å². The van der Waals surface area contributed by atoms with E-state index in [-0.39, 0.29) is 41.6 Å². The van der Waals surface area contributed by atoms with E-state index < -0.39 is 11.8 Å². The van der Waals surface area contributed by atoms with E-state index in [9.17, 15) is 14.4 Å². The minimum absolute atomic E-state index is 0.0361. The second-order valence-corrected chi connectivity index (χ2v) is 13.1. The van der Waals surface area contributed by atoms with Gasteiger partial charge in [0.05, 0.1) is 18.7 Å². The zero-order valence-corrected chi connectivity index (χ0v) is 25.2. The number of carbonyl (C=O) groups is 3. The highest BCUT2D eigenvalue weighted by atomic mass is 16.7. The molecule has 0 radical (unpaired) electrons. The van der Waals surface area contributed by atoms with Crippen molar-refractivity contribution < 1.29 is 23.9 Å². The lowest BCUT2D eigenvalue weighted by Gasteiger charge is -2.36. The minimum atomic E-state index is -0.519. The van der Waals surface area contributed by atoms with E-state index >= 15 is 0 Å². The highest BCUT2D eigenvalue weighted by molar-refractivity contribution is 6.07. The van der Waals surface area contributed by atoms with Crippen molar-refractivity contribution in [2.45, 2.75) is 96.7 Å². The number of piperidine rings is 1. The van der Waals surface area contributed by atoms with Crippen molar-refractivity contribution in [3.63, 3.8) is 0 Å². The predicted molar refractivity (Wildman–Crippen MR) is 157 cm³/mol. The molecule has 226 valence electrons. The lowest BCUT2D eigenvalue weighted by atomic mass is 9.89. The van der Waals surface area contributed by atoms with Crippen LogP contribution in [0.25, 0.3) is 22.0 Å². The summed E-state index contributed by atoms with van der Waals surface area (Å²) in [4.78, 5) is 50.7. The van der Waals surface area contributed by atoms with Crippen LogP contribution >= 0.6 is 0 Å². The van der Waals surface area contributed by atoms with Crippen molar-refractivity contribution in [1.29, 1.82) is 0 Å². The van der Waals surface area contributed by atoms with Crippen molar-refractivity contribution in [1.82, 2.24) is 30.0 Å². The number of aromatic nitrogens is 4. The quantitative estimate of drug-likeness (QED) is 0.435. The molecule has 2 amide bonds. The van der Waals surface area contributed by atoms with Crippen molar-refractivity contribution >= 4 is 28.5 Å². The monoisotopic (exact) mass is 586 g/mol. The van der Waals surface area contributed by atoms with E-state index in [0.29, 0.717) is 36.5 Å². The van der Waals surface area contributed by atoms with Crippen LogP contribution in [0.2, 0.25) is 0 Å². The first kappa shape index (κ1) is 28.1. The molecule has 1 spiro atoms. The molecule has 2 aliphatic carbocycles. The molecule has 4 fully saturated rings. The molecule has 2 saturated heterocycles.